The maximum atomic E-state index is 12.7. The van der Waals surface area contributed by atoms with E-state index in [0.717, 1.165) is 5.82 Å². The Kier molecular flexibility index (Phi) is 3.63. The predicted molar refractivity (Wildman–Crippen MR) is 87.8 cm³/mol. The lowest BCUT2D eigenvalue weighted by molar-refractivity contribution is -0.130. The molecule has 0 spiro atoms. The number of hydrogen-bond acceptors (Lipinski definition) is 5. The van der Waals surface area contributed by atoms with E-state index < -0.39 is 5.41 Å². The Balaban J connectivity index is 1.65. The fourth-order valence-corrected chi connectivity index (χ4v) is 4.08. The highest BCUT2D eigenvalue weighted by atomic mass is 16.3. The van der Waals surface area contributed by atoms with Crippen LogP contribution in [0.2, 0.25) is 0 Å². The summed E-state index contributed by atoms with van der Waals surface area (Å²) in [5.41, 5.74) is 0.136. The topological polar surface area (TPSA) is 95.3 Å². The number of amides is 2. The minimum absolute atomic E-state index is 0.0526. The zero-order valence-corrected chi connectivity index (χ0v) is 14.4. The van der Waals surface area contributed by atoms with Gasteiger partial charge in [0.05, 0.1) is 17.2 Å². The van der Waals surface area contributed by atoms with E-state index in [1.165, 1.54) is 12.5 Å². The molecule has 2 amide bonds. The Bertz CT molecular complexity index is 799. The second-order valence-corrected chi connectivity index (χ2v) is 6.92. The summed E-state index contributed by atoms with van der Waals surface area (Å²) in [6.45, 7) is 6.01. The molecule has 0 aromatic carbocycles. The number of likely N-dealkylation sites (tertiary alicyclic amines) is 2. The third-order valence-corrected chi connectivity index (χ3v) is 5.36. The van der Waals surface area contributed by atoms with Gasteiger partial charge in [0.2, 0.25) is 5.91 Å². The van der Waals surface area contributed by atoms with Crippen LogP contribution < -0.4 is 0 Å². The number of aryl methyl sites for hydroxylation is 1. The molecule has 0 radical (unpaired) electrons. The lowest BCUT2D eigenvalue weighted by atomic mass is 9.80. The van der Waals surface area contributed by atoms with Crippen molar-refractivity contribution in [1.82, 2.24) is 25.0 Å². The number of fused-ring (bicyclic) bond motifs is 1. The summed E-state index contributed by atoms with van der Waals surface area (Å²) >= 11 is 0. The molecule has 2 fully saturated rings. The smallest absolute Gasteiger partial charge is 0.257 e. The minimum Gasteiger partial charge on any atom is -0.472 e. The van der Waals surface area contributed by atoms with Crippen LogP contribution in [0.4, 0.5) is 0 Å². The first kappa shape index (κ1) is 15.9. The first-order valence-electron chi connectivity index (χ1n) is 8.52. The third-order valence-electron chi connectivity index (χ3n) is 5.36. The average molecular weight is 343 g/mol. The molecule has 132 valence electrons. The van der Waals surface area contributed by atoms with E-state index in [2.05, 4.69) is 15.2 Å². The molecule has 8 heteroatoms. The maximum absolute atomic E-state index is 12.7. The summed E-state index contributed by atoms with van der Waals surface area (Å²) in [5.74, 6) is 1.65. The lowest BCUT2D eigenvalue weighted by Gasteiger charge is -2.26. The van der Waals surface area contributed by atoms with E-state index in [1.54, 1.807) is 6.07 Å². The van der Waals surface area contributed by atoms with Crippen molar-refractivity contribution in [2.45, 2.75) is 25.7 Å². The molecule has 8 nitrogen and oxygen atoms in total. The average Bonchev–Trinajstić information content (AvgIpc) is 3.35. The number of furan rings is 1. The molecule has 2 aromatic heterocycles. The molecule has 25 heavy (non-hydrogen) atoms. The Morgan fingerprint density at radius 3 is 2.76 bits per heavy atom. The standard InChI is InChI=1S/C17H21N5O3/c1-3-14(23)21-6-13-7-22(15(24)12-4-5-25-8-12)10-17(13,9-21)16-18-11(2)19-20-16/h4-5,8,13H,3,6-7,9-10H2,1-2H3,(H,18,19,20)/t13-,17-/m0/s1. The van der Waals surface area contributed by atoms with Crippen LogP contribution >= 0.6 is 0 Å². The van der Waals surface area contributed by atoms with Crippen molar-refractivity contribution in [2.75, 3.05) is 26.2 Å². The second kappa shape index (κ2) is 5.72. The molecule has 0 aliphatic carbocycles. The largest absolute Gasteiger partial charge is 0.472 e. The summed E-state index contributed by atoms with van der Waals surface area (Å²) in [4.78, 5) is 33.2. The minimum atomic E-state index is -0.408. The van der Waals surface area contributed by atoms with Gasteiger partial charge in [-0.1, -0.05) is 6.92 Å². The van der Waals surface area contributed by atoms with E-state index in [1.807, 2.05) is 23.6 Å². The maximum Gasteiger partial charge on any atom is 0.257 e. The van der Waals surface area contributed by atoms with Crippen LogP contribution in [0.1, 0.15) is 35.4 Å². The molecule has 2 aliphatic heterocycles. The third kappa shape index (κ3) is 2.43. The molecule has 2 saturated heterocycles. The van der Waals surface area contributed by atoms with Gasteiger partial charge in [0.15, 0.2) is 5.82 Å². The van der Waals surface area contributed by atoms with Crippen LogP contribution in [0.15, 0.2) is 23.0 Å². The zero-order chi connectivity index (χ0) is 17.6. The Labute approximate surface area is 145 Å². The highest BCUT2D eigenvalue weighted by molar-refractivity contribution is 5.94. The summed E-state index contributed by atoms with van der Waals surface area (Å²) < 4.78 is 5.04. The molecular formula is C17H21N5O3. The Morgan fingerprint density at radius 1 is 1.36 bits per heavy atom. The SMILES string of the molecule is CCC(=O)N1C[C@H]2CN(C(=O)c3ccoc3)C[C@@]2(c2n[nH]c(C)n2)C1. The van der Waals surface area contributed by atoms with Crippen molar-refractivity contribution < 1.29 is 14.0 Å². The summed E-state index contributed by atoms with van der Waals surface area (Å²) in [6, 6.07) is 1.67. The van der Waals surface area contributed by atoms with Gasteiger partial charge < -0.3 is 14.2 Å². The predicted octanol–water partition coefficient (Wildman–Crippen LogP) is 0.968. The van der Waals surface area contributed by atoms with Gasteiger partial charge in [0.1, 0.15) is 12.1 Å². The number of aromatic nitrogens is 3. The van der Waals surface area contributed by atoms with Gasteiger partial charge in [-0.05, 0) is 13.0 Å². The molecular weight excluding hydrogens is 322 g/mol. The number of aromatic amines is 1. The molecule has 1 N–H and O–H groups in total. The van der Waals surface area contributed by atoms with Gasteiger partial charge >= 0.3 is 0 Å². The van der Waals surface area contributed by atoms with Crippen molar-refractivity contribution in [3.05, 3.63) is 35.8 Å². The van der Waals surface area contributed by atoms with Gasteiger partial charge in [-0.25, -0.2) is 4.98 Å². The zero-order valence-electron chi connectivity index (χ0n) is 14.4. The highest BCUT2D eigenvalue weighted by Crippen LogP contribution is 2.44. The van der Waals surface area contributed by atoms with Gasteiger partial charge in [-0.3, -0.25) is 14.7 Å². The van der Waals surface area contributed by atoms with Gasteiger partial charge in [-0.2, -0.15) is 5.10 Å². The fraction of sp³-hybridized carbons (Fsp3) is 0.529. The van der Waals surface area contributed by atoms with Crippen molar-refractivity contribution in [2.24, 2.45) is 5.92 Å². The molecule has 0 unspecified atom stereocenters. The normalized spacial score (nSPS) is 25.4. The van der Waals surface area contributed by atoms with Crippen molar-refractivity contribution >= 4 is 11.8 Å². The number of rotatable bonds is 3. The van der Waals surface area contributed by atoms with Crippen molar-refractivity contribution in [3.8, 4) is 0 Å². The van der Waals surface area contributed by atoms with Gasteiger partial charge in [0, 0.05) is 38.5 Å². The lowest BCUT2D eigenvalue weighted by Crippen LogP contribution is -2.41. The molecule has 4 heterocycles. The number of nitrogens with zero attached hydrogens (tertiary/aromatic N) is 4. The first-order chi connectivity index (χ1) is 12.0. The number of carbonyl (C=O) groups excluding carboxylic acids is 2. The van der Waals surface area contributed by atoms with Crippen molar-refractivity contribution in [3.63, 3.8) is 0 Å². The Morgan fingerprint density at radius 2 is 2.12 bits per heavy atom. The monoisotopic (exact) mass is 343 g/mol. The van der Waals surface area contributed by atoms with Crippen LogP contribution in [-0.4, -0.2) is 63.0 Å². The number of hydrogen-bond donors (Lipinski definition) is 1. The van der Waals surface area contributed by atoms with E-state index in [4.69, 9.17) is 4.42 Å². The van der Waals surface area contributed by atoms with Crippen LogP contribution in [0, 0.1) is 12.8 Å². The van der Waals surface area contributed by atoms with E-state index in [0.29, 0.717) is 44.0 Å². The van der Waals surface area contributed by atoms with E-state index in [9.17, 15) is 9.59 Å². The highest BCUT2D eigenvalue weighted by Gasteiger charge is 2.57. The molecule has 2 atom stereocenters. The van der Waals surface area contributed by atoms with Crippen LogP contribution in [0.3, 0.4) is 0 Å². The quantitative estimate of drug-likeness (QED) is 0.896. The molecule has 0 saturated carbocycles. The van der Waals surface area contributed by atoms with Crippen LogP contribution in [-0.2, 0) is 10.2 Å². The first-order valence-corrected chi connectivity index (χ1v) is 8.52. The molecule has 2 aromatic rings. The molecule has 4 rings (SSSR count). The van der Waals surface area contributed by atoms with Crippen molar-refractivity contribution in [1.29, 1.82) is 0 Å². The summed E-state index contributed by atoms with van der Waals surface area (Å²) in [7, 11) is 0. The number of H-pyrrole nitrogens is 1. The second-order valence-electron chi connectivity index (χ2n) is 6.92. The Hall–Kier alpha value is -2.64. The van der Waals surface area contributed by atoms with Gasteiger partial charge in [0.25, 0.3) is 5.91 Å². The fourth-order valence-electron chi connectivity index (χ4n) is 4.08. The number of carbonyl (C=O) groups is 2. The summed E-state index contributed by atoms with van der Waals surface area (Å²) in [6.07, 6.45) is 3.45. The van der Waals surface area contributed by atoms with Crippen LogP contribution in [0.25, 0.3) is 0 Å². The van der Waals surface area contributed by atoms with E-state index >= 15 is 0 Å². The molecule has 2 aliphatic rings. The molecule has 0 bridgehead atoms. The number of nitrogens with one attached hydrogen (secondary N) is 1. The van der Waals surface area contributed by atoms with E-state index in [-0.39, 0.29) is 17.7 Å². The van der Waals surface area contributed by atoms with Crippen LogP contribution in [0.5, 0.6) is 0 Å². The summed E-state index contributed by atoms with van der Waals surface area (Å²) in [5, 5.41) is 7.28. The van der Waals surface area contributed by atoms with Gasteiger partial charge in [-0.15, -0.1) is 0 Å².